The average molecular weight is 268 g/mol. The van der Waals surface area contributed by atoms with E-state index >= 15 is 0 Å². The monoisotopic (exact) mass is 267 g/mol. The molecule has 0 aromatic carbocycles. The number of rotatable bonds is 3. The maximum Gasteiger partial charge on any atom is 0.133 e. The number of hydrogen-bond donors (Lipinski definition) is 0. The van der Waals surface area contributed by atoms with E-state index in [1.165, 1.54) is 17.5 Å². The Morgan fingerprint density at radius 3 is 2.72 bits per heavy atom. The zero-order chi connectivity index (χ0) is 13.3. The van der Waals surface area contributed by atoms with Gasteiger partial charge in [0, 0.05) is 30.4 Å². The number of pyridine rings is 1. The zero-order valence-corrected chi connectivity index (χ0v) is 12.5. The molecule has 0 bridgehead atoms. The molecule has 18 heavy (non-hydrogen) atoms. The second kappa shape index (κ2) is 5.45. The zero-order valence-electron chi connectivity index (χ0n) is 11.7. The Kier molecular flexibility index (Phi) is 4.13. The van der Waals surface area contributed by atoms with Gasteiger partial charge in [-0.25, -0.2) is 4.98 Å². The molecule has 1 atom stereocenters. The van der Waals surface area contributed by atoms with E-state index in [1.807, 2.05) is 6.92 Å². The number of alkyl halides is 1. The summed E-state index contributed by atoms with van der Waals surface area (Å²) in [7, 11) is 4.29. The fourth-order valence-electron chi connectivity index (χ4n) is 2.63. The van der Waals surface area contributed by atoms with Crippen molar-refractivity contribution in [3.63, 3.8) is 0 Å². The van der Waals surface area contributed by atoms with E-state index < -0.39 is 0 Å². The van der Waals surface area contributed by atoms with E-state index in [9.17, 15) is 0 Å². The standard InChI is InChI=1S/C14H22ClN3/c1-10-7-11(2)16-14(13(10)8-15)18-6-5-12(9-18)17(3)4/h7,12H,5-6,8-9H2,1-4H3. The summed E-state index contributed by atoms with van der Waals surface area (Å²) < 4.78 is 0. The van der Waals surface area contributed by atoms with Gasteiger partial charge in [0.05, 0.1) is 5.88 Å². The molecular weight excluding hydrogens is 246 g/mol. The van der Waals surface area contributed by atoms with Gasteiger partial charge < -0.3 is 9.80 Å². The van der Waals surface area contributed by atoms with E-state index in [2.05, 4.69) is 36.9 Å². The fourth-order valence-corrected chi connectivity index (χ4v) is 2.96. The lowest BCUT2D eigenvalue weighted by atomic mass is 10.1. The molecule has 0 aliphatic carbocycles. The van der Waals surface area contributed by atoms with Gasteiger partial charge in [0.2, 0.25) is 0 Å². The number of anilines is 1. The van der Waals surface area contributed by atoms with Crippen LogP contribution in [0, 0.1) is 13.8 Å². The van der Waals surface area contributed by atoms with Crippen LogP contribution >= 0.6 is 11.6 Å². The second-order valence-electron chi connectivity index (χ2n) is 5.37. The molecule has 2 heterocycles. The first kappa shape index (κ1) is 13.6. The molecule has 1 fully saturated rings. The first-order valence-corrected chi connectivity index (χ1v) is 7.01. The van der Waals surface area contributed by atoms with Crippen LogP contribution in [0.2, 0.25) is 0 Å². The Balaban J connectivity index is 2.29. The molecule has 1 unspecified atom stereocenters. The van der Waals surface area contributed by atoms with Crippen molar-refractivity contribution in [2.24, 2.45) is 0 Å². The number of aryl methyl sites for hydroxylation is 2. The van der Waals surface area contributed by atoms with Crippen LogP contribution in [-0.4, -0.2) is 43.1 Å². The van der Waals surface area contributed by atoms with E-state index in [0.717, 1.165) is 24.6 Å². The highest BCUT2D eigenvalue weighted by Crippen LogP contribution is 2.28. The largest absolute Gasteiger partial charge is 0.355 e. The summed E-state index contributed by atoms with van der Waals surface area (Å²) >= 11 is 6.09. The molecule has 0 amide bonds. The lowest BCUT2D eigenvalue weighted by Crippen LogP contribution is -2.32. The predicted octanol–water partition coefficient (Wildman–Crippen LogP) is 2.58. The molecule has 0 N–H and O–H groups in total. The third-order valence-corrected chi connectivity index (χ3v) is 4.05. The molecule has 1 aliphatic heterocycles. The Bertz CT molecular complexity index is 431. The van der Waals surface area contributed by atoms with Crippen LogP contribution in [0.5, 0.6) is 0 Å². The molecule has 2 rings (SSSR count). The summed E-state index contributed by atoms with van der Waals surface area (Å²) in [6.07, 6.45) is 1.20. The SMILES string of the molecule is Cc1cc(C)c(CCl)c(N2CCC(N(C)C)C2)n1. The van der Waals surface area contributed by atoms with Crippen LogP contribution in [0.1, 0.15) is 23.2 Å². The van der Waals surface area contributed by atoms with Gasteiger partial charge in [-0.2, -0.15) is 0 Å². The summed E-state index contributed by atoms with van der Waals surface area (Å²) in [4.78, 5) is 9.38. The summed E-state index contributed by atoms with van der Waals surface area (Å²) in [5.74, 6) is 1.63. The van der Waals surface area contributed by atoms with Crippen LogP contribution in [0.3, 0.4) is 0 Å². The highest BCUT2D eigenvalue weighted by atomic mass is 35.5. The topological polar surface area (TPSA) is 19.4 Å². The van der Waals surface area contributed by atoms with Gasteiger partial charge in [0.1, 0.15) is 5.82 Å². The van der Waals surface area contributed by atoms with Gasteiger partial charge in [0.15, 0.2) is 0 Å². The smallest absolute Gasteiger partial charge is 0.133 e. The average Bonchev–Trinajstić information content (AvgIpc) is 2.77. The Hall–Kier alpha value is -0.800. The fraction of sp³-hybridized carbons (Fsp3) is 0.643. The minimum absolute atomic E-state index is 0.539. The Morgan fingerprint density at radius 1 is 1.44 bits per heavy atom. The van der Waals surface area contributed by atoms with Crippen molar-refractivity contribution in [3.8, 4) is 0 Å². The third kappa shape index (κ3) is 2.62. The highest BCUT2D eigenvalue weighted by molar-refractivity contribution is 6.17. The lowest BCUT2D eigenvalue weighted by Gasteiger charge is -2.23. The van der Waals surface area contributed by atoms with Crippen molar-refractivity contribution in [2.75, 3.05) is 32.1 Å². The molecule has 1 aliphatic rings. The molecule has 1 aromatic heterocycles. The van der Waals surface area contributed by atoms with Gasteiger partial charge >= 0.3 is 0 Å². The highest BCUT2D eigenvalue weighted by Gasteiger charge is 2.26. The normalized spacial score (nSPS) is 19.9. The van der Waals surface area contributed by atoms with Crippen molar-refractivity contribution in [3.05, 3.63) is 22.9 Å². The molecule has 0 radical (unpaired) electrons. The summed E-state index contributed by atoms with van der Waals surface area (Å²) in [6, 6.07) is 2.73. The molecule has 100 valence electrons. The lowest BCUT2D eigenvalue weighted by molar-refractivity contribution is 0.315. The number of likely N-dealkylation sites (N-methyl/N-ethyl adjacent to an activating group) is 1. The van der Waals surface area contributed by atoms with Gasteiger partial charge in [-0.1, -0.05) is 0 Å². The summed E-state index contributed by atoms with van der Waals surface area (Å²) in [5, 5.41) is 0. The van der Waals surface area contributed by atoms with Gasteiger partial charge in [-0.3, -0.25) is 0 Å². The first-order chi connectivity index (χ1) is 8.52. The number of halogens is 1. The second-order valence-corrected chi connectivity index (χ2v) is 5.64. The van der Waals surface area contributed by atoms with Crippen molar-refractivity contribution in [2.45, 2.75) is 32.2 Å². The molecule has 0 saturated carbocycles. The first-order valence-electron chi connectivity index (χ1n) is 6.47. The van der Waals surface area contributed by atoms with Crippen LogP contribution in [0.4, 0.5) is 5.82 Å². The third-order valence-electron chi connectivity index (χ3n) is 3.78. The maximum atomic E-state index is 6.09. The molecule has 1 aromatic rings. The van der Waals surface area contributed by atoms with Crippen molar-refractivity contribution in [1.29, 1.82) is 0 Å². The minimum Gasteiger partial charge on any atom is -0.355 e. The Morgan fingerprint density at radius 2 is 2.17 bits per heavy atom. The molecule has 4 heteroatoms. The molecule has 1 saturated heterocycles. The van der Waals surface area contributed by atoms with Crippen LogP contribution in [0.25, 0.3) is 0 Å². The summed E-state index contributed by atoms with van der Waals surface area (Å²) in [5.41, 5.74) is 3.51. The summed E-state index contributed by atoms with van der Waals surface area (Å²) in [6.45, 7) is 6.29. The van der Waals surface area contributed by atoms with Crippen LogP contribution < -0.4 is 4.90 Å². The Labute approximate surface area is 115 Å². The van der Waals surface area contributed by atoms with E-state index in [4.69, 9.17) is 16.6 Å². The predicted molar refractivity (Wildman–Crippen MR) is 77.6 cm³/mol. The van der Waals surface area contributed by atoms with Crippen molar-refractivity contribution < 1.29 is 0 Å². The molecule has 0 spiro atoms. The van der Waals surface area contributed by atoms with E-state index in [0.29, 0.717) is 11.9 Å². The van der Waals surface area contributed by atoms with Crippen LogP contribution in [-0.2, 0) is 5.88 Å². The van der Waals surface area contributed by atoms with Gasteiger partial charge in [-0.05, 0) is 46.0 Å². The van der Waals surface area contributed by atoms with Crippen molar-refractivity contribution >= 4 is 17.4 Å². The number of nitrogens with zero attached hydrogens (tertiary/aromatic N) is 3. The number of hydrogen-bond acceptors (Lipinski definition) is 3. The van der Waals surface area contributed by atoms with Gasteiger partial charge in [0.25, 0.3) is 0 Å². The van der Waals surface area contributed by atoms with Crippen molar-refractivity contribution in [1.82, 2.24) is 9.88 Å². The molecular formula is C14H22ClN3. The van der Waals surface area contributed by atoms with E-state index in [1.54, 1.807) is 0 Å². The molecule has 3 nitrogen and oxygen atoms in total. The minimum atomic E-state index is 0.539. The number of aromatic nitrogens is 1. The maximum absolute atomic E-state index is 6.09. The quantitative estimate of drug-likeness (QED) is 0.785. The van der Waals surface area contributed by atoms with Crippen LogP contribution in [0.15, 0.2) is 6.07 Å². The van der Waals surface area contributed by atoms with Gasteiger partial charge in [-0.15, -0.1) is 11.6 Å². The van der Waals surface area contributed by atoms with E-state index in [-0.39, 0.29) is 0 Å².